The third-order valence-electron chi connectivity index (χ3n) is 3.73. The summed E-state index contributed by atoms with van der Waals surface area (Å²) >= 11 is 1.40. The number of benzene rings is 1. The Morgan fingerprint density at radius 2 is 2.18 bits per heavy atom. The van der Waals surface area contributed by atoms with E-state index in [1.807, 2.05) is 18.4 Å². The number of esters is 1. The third-order valence-corrected chi connectivity index (χ3v) is 4.74. The molecule has 2 rings (SSSR count). The van der Waals surface area contributed by atoms with Crippen molar-refractivity contribution in [3.05, 3.63) is 63.5 Å². The zero-order valence-corrected chi connectivity index (χ0v) is 16.7. The minimum absolute atomic E-state index is 0.0704. The average molecular weight is 398 g/mol. The van der Waals surface area contributed by atoms with Gasteiger partial charge >= 0.3 is 5.97 Å². The van der Waals surface area contributed by atoms with Crippen LogP contribution < -0.4 is 11.1 Å². The lowest BCUT2D eigenvalue weighted by Gasteiger charge is -2.05. The molecule has 0 aliphatic rings. The Bertz CT molecular complexity index is 952. The number of nitrogens with one attached hydrogen (secondary N) is 1. The summed E-state index contributed by atoms with van der Waals surface area (Å²) in [6.07, 6.45) is 1.54. The number of rotatable bonds is 7. The number of hydrogen-bond donors (Lipinski definition) is 3. The Morgan fingerprint density at radius 1 is 1.43 bits per heavy atom. The molecular formula is C21H23N3O3S. The Hall–Kier alpha value is -3.08. The number of nitrogens with two attached hydrogens (primary N) is 1. The molecule has 1 aromatic carbocycles. The Kier molecular flexibility index (Phi) is 7.81. The summed E-state index contributed by atoms with van der Waals surface area (Å²) in [6, 6.07) is 5.30. The summed E-state index contributed by atoms with van der Waals surface area (Å²) in [4.78, 5) is 16.8. The molecule has 0 saturated heterocycles. The van der Waals surface area contributed by atoms with Gasteiger partial charge in [0.1, 0.15) is 5.84 Å². The number of aliphatic imine (C=N–C) groups is 1. The standard InChI is InChI=1S/C21H23N3O3S/c1-4-23-18-17(13-28-19(18)20(22)24-10-11-25)9-8-15-12-16(7-6-14(15)3)21(26)27-5-2/h4,6-7,12-13,23,25H,1,5,10-11H2,2-3H3,(H2,22,24). The predicted octanol–water partition coefficient (Wildman–Crippen LogP) is 2.89. The van der Waals surface area contributed by atoms with Gasteiger partial charge in [-0.2, -0.15) is 0 Å². The minimum atomic E-state index is -0.370. The van der Waals surface area contributed by atoms with Crippen molar-refractivity contribution in [1.29, 1.82) is 0 Å². The van der Waals surface area contributed by atoms with Gasteiger partial charge in [-0.25, -0.2) is 4.79 Å². The second kappa shape index (κ2) is 10.3. The van der Waals surface area contributed by atoms with Gasteiger partial charge in [0.2, 0.25) is 0 Å². The quantitative estimate of drug-likeness (QED) is 0.289. The van der Waals surface area contributed by atoms with E-state index in [4.69, 9.17) is 15.6 Å². The van der Waals surface area contributed by atoms with Gasteiger partial charge in [-0.15, -0.1) is 11.3 Å². The van der Waals surface area contributed by atoms with Crippen LogP contribution in [-0.2, 0) is 4.74 Å². The van der Waals surface area contributed by atoms with Crippen LogP contribution in [0, 0.1) is 18.8 Å². The number of thiophene rings is 1. The lowest BCUT2D eigenvalue weighted by Crippen LogP contribution is -2.14. The average Bonchev–Trinajstić information content (AvgIpc) is 3.08. The monoisotopic (exact) mass is 397 g/mol. The Labute approximate surface area is 168 Å². The molecular weight excluding hydrogens is 374 g/mol. The lowest BCUT2D eigenvalue weighted by atomic mass is 10.0. The second-order valence-corrected chi connectivity index (χ2v) is 6.57. The topological polar surface area (TPSA) is 96.9 Å². The molecule has 0 atom stereocenters. The number of aliphatic hydroxyl groups is 1. The van der Waals surface area contributed by atoms with Gasteiger partial charge in [-0.05, 0) is 37.7 Å². The molecule has 0 bridgehead atoms. The van der Waals surface area contributed by atoms with E-state index in [9.17, 15) is 4.79 Å². The molecule has 0 aliphatic carbocycles. The van der Waals surface area contributed by atoms with Crippen LogP contribution in [0.2, 0.25) is 0 Å². The molecule has 28 heavy (non-hydrogen) atoms. The van der Waals surface area contributed by atoms with Crippen molar-refractivity contribution < 1.29 is 14.6 Å². The molecule has 146 valence electrons. The maximum Gasteiger partial charge on any atom is 0.338 e. The van der Waals surface area contributed by atoms with E-state index in [2.05, 4.69) is 28.7 Å². The molecule has 0 fully saturated rings. The number of carbonyl (C=O) groups is 1. The van der Waals surface area contributed by atoms with Gasteiger partial charge in [0, 0.05) is 10.9 Å². The zero-order chi connectivity index (χ0) is 20.5. The van der Waals surface area contributed by atoms with Gasteiger partial charge in [0.15, 0.2) is 0 Å². The van der Waals surface area contributed by atoms with Gasteiger partial charge in [-0.3, -0.25) is 4.99 Å². The third kappa shape index (κ3) is 5.22. The Balaban J connectivity index is 2.41. The number of hydrogen-bond acceptors (Lipinski definition) is 6. The lowest BCUT2D eigenvalue weighted by molar-refractivity contribution is 0.0526. The second-order valence-electron chi connectivity index (χ2n) is 5.69. The molecule has 4 N–H and O–H groups in total. The highest BCUT2D eigenvalue weighted by molar-refractivity contribution is 7.13. The summed E-state index contributed by atoms with van der Waals surface area (Å²) in [5.41, 5.74) is 9.63. The fourth-order valence-corrected chi connectivity index (χ4v) is 3.24. The van der Waals surface area contributed by atoms with E-state index in [1.165, 1.54) is 11.3 Å². The van der Waals surface area contributed by atoms with E-state index >= 15 is 0 Å². The van der Waals surface area contributed by atoms with Crippen LogP contribution in [0.15, 0.2) is 41.4 Å². The largest absolute Gasteiger partial charge is 0.462 e. The van der Waals surface area contributed by atoms with E-state index < -0.39 is 0 Å². The number of ether oxygens (including phenoxy) is 1. The van der Waals surface area contributed by atoms with Crippen LogP contribution in [-0.4, -0.2) is 36.7 Å². The summed E-state index contributed by atoms with van der Waals surface area (Å²) < 4.78 is 5.05. The zero-order valence-electron chi connectivity index (χ0n) is 15.9. The van der Waals surface area contributed by atoms with Crippen LogP contribution in [0.1, 0.15) is 38.8 Å². The van der Waals surface area contributed by atoms with Crippen molar-refractivity contribution in [3.63, 3.8) is 0 Å². The van der Waals surface area contributed by atoms with Gasteiger partial charge < -0.3 is 20.9 Å². The highest BCUT2D eigenvalue weighted by Gasteiger charge is 2.13. The first-order valence-corrected chi connectivity index (χ1v) is 9.59. The highest BCUT2D eigenvalue weighted by Crippen LogP contribution is 2.28. The summed E-state index contributed by atoms with van der Waals surface area (Å²) in [5, 5.41) is 13.9. The van der Waals surface area contributed by atoms with Crippen LogP contribution in [0.25, 0.3) is 0 Å². The highest BCUT2D eigenvalue weighted by atomic mass is 32.1. The van der Waals surface area contributed by atoms with Crippen molar-refractivity contribution in [3.8, 4) is 11.8 Å². The normalized spacial score (nSPS) is 10.8. The summed E-state index contributed by atoms with van der Waals surface area (Å²) in [7, 11) is 0. The molecule has 1 heterocycles. The van der Waals surface area contributed by atoms with E-state index in [1.54, 1.807) is 25.3 Å². The summed E-state index contributed by atoms with van der Waals surface area (Å²) in [5.74, 6) is 6.20. The molecule has 0 unspecified atom stereocenters. The van der Waals surface area contributed by atoms with Crippen LogP contribution in [0.3, 0.4) is 0 Å². The van der Waals surface area contributed by atoms with E-state index in [-0.39, 0.29) is 19.1 Å². The first-order valence-electron chi connectivity index (χ1n) is 8.71. The smallest absolute Gasteiger partial charge is 0.338 e. The molecule has 6 nitrogen and oxygen atoms in total. The molecule has 0 aliphatic heterocycles. The van der Waals surface area contributed by atoms with Gasteiger partial charge in [-0.1, -0.05) is 24.5 Å². The van der Waals surface area contributed by atoms with Crippen molar-refractivity contribution >= 4 is 28.8 Å². The molecule has 0 radical (unpaired) electrons. The number of anilines is 1. The fourth-order valence-electron chi connectivity index (χ4n) is 2.36. The number of amidine groups is 1. The first-order chi connectivity index (χ1) is 13.5. The van der Waals surface area contributed by atoms with Crippen molar-refractivity contribution in [2.24, 2.45) is 10.7 Å². The van der Waals surface area contributed by atoms with Crippen molar-refractivity contribution in [2.45, 2.75) is 13.8 Å². The maximum absolute atomic E-state index is 12.0. The fraction of sp³-hybridized carbons (Fsp3) is 0.238. The molecule has 7 heteroatoms. The van der Waals surface area contributed by atoms with Crippen molar-refractivity contribution in [2.75, 3.05) is 25.1 Å². The molecule has 0 amide bonds. The SMILES string of the molecule is C=CNc1c(C#Cc2cc(C(=O)OCC)ccc2C)csc1C(N)=NCCO. The molecule has 0 saturated carbocycles. The number of aryl methyl sites for hydroxylation is 1. The predicted molar refractivity (Wildman–Crippen MR) is 114 cm³/mol. The van der Waals surface area contributed by atoms with Crippen LogP contribution in [0.4, 0.5) is 5.69 Å². The Morgan fingerprint density at radius 3 is 2.86 bits per heavy atom. The summed E-state index contributed by atoms with van der Waals surface area (Å²) in [6.45, 7) is 7.88. The van der Waals surface area contributed by atoms with Crippen molar-refractivity contribution in [1.82, 2.24) is 0 Å². The number of nitrogens with zero attached hydrogens (tertiary/aromatic N) is 1. The van der Waals surface area contributed by atoms with Gasteiger partial charge in [0.25, 0.3) is 0 Å². The van der Waals surface area contributed by atoms with E-state index in [0.717, 1.165) is 21.6 Å². The molecule has 0 spiro atoms. The van der Waals surface area contributed by atoms with Crippen LogP contribution in [0.5, 0.6) is 0 Å². The number of aliphatic hydroxyl groups excluding tert-OH is 1. The first kappa shape index (κ1) is 21.2. The maximum atomic E-state index is 12.0. The molecule has 2 aromatic rings. The molecule has 1 aromatic heterocycles. The van der Waals surface area contributed by atoms with Gasteiger partial charge in [0.05, 0.1) is 41.4 Å². The van der Waals surface area contributed by atoms with Crippen LogP contribution >= 0.6 is 11.3 Å². The van der Waals surface area contributed by atoms with E-state index in [0.29, 0.717) is 23.7 Å². The minimum Gasteiger partial charge on any atom is -0.462 e. The number of carbonyl (C=O) groups excluding carboxylic acids is 1.